The summed E-state index contributed by atoms with van der Waals surface area (Å²) in [5.41, 5.74) is 7.29. The Morgan fingerprint density at radius 3 is 2.50 bits per heavy atom. The Bertz CT molecular complexity index is 561. The van der Waals surface area contributed by atoms with Gasteiger partial charge in [0.25, 0.3) is 5.89 Å². The van der Waals surface area contributed by atoms with Crippen LogP contribution in [0.15, 0.2) is 28.8 Å². The van der Waals surface area contributed by atoms with E-state index in [1.807, 2.05) is 43.3 Å². The highest BCUT2D eigenvalue weighted by molar-refractivity contribution is 5.58. The van der Waals surface area contributed by atoms with Gasteiger partial charge in [-0.05, 0) is 31.2 Å². The average molecular weight is 276 g/mol. The largest absolute Gasteiger partial charge is 0.382 e. The van der Waals surface area contributed by atoms with Crippen LogP contribution in [0, 0.1) is 0 Å². The number of hydrogen-bond donors (Lipinski definition) is 1. The standard InChI is InChI=1S/C14H20N4O2/c1-14(15,9-19-4)13-16-12(20-17-13)10-5-7-11(8-6-10)18(2)3/h5-8H,9,15H2,1-4H3. The van der Waals surface area contributed by atoms with Gasteiger partial charge >= 0.3 is 0 Å². The summed E-state index contributed by atoms with van der Waals surface area (Å²) in [6.07, 6.45) is 0. The highest BCUT2D eigenvalue weighted by atomic mass is 16.5. The minimum absolute atomic E-state index is 0.325. The number of aromatic nitrogens is 2. The molecule has 1 unspecified atom stereocenters. The maximum Gasteiger partial charge on any atom is 0.257 e. The lowest BCUT2D eigenvalue weighted by Crippen LogP contribution is -2.38. The molecule has 0 bridgehead atoms. The van der Waals surface area contributed by atoms with Gasteiger partial charge in [-0.3, -0.25) is 0 Å². The molecule has 1 aromatic heterocycles. The van der Waals surface area contributed by atoms with Crippen LogP contribution in [0.3, 0.4) is 0 Å². The van der Waals surface area contributed by atoms with Crippen LogP contribution in [-0.4, -0.2) is 38.0 Å². The van der Waals surface area contributed by atoms with Crippen molar-refractivity contribution in [1.82, 2.24) is 10.1 Å². The first-order valence-electron chi connectivity index (χ1n) is 6.34. The van der Waals surface area contributed by atoms with Gasteiger partial charge in [-0.15, -0.1) is 0 Å². The number of ether oxygens (including phenoxy) is 1. The van der Waals surface area contributed by atoms with Crippen molar-refractivity contribution in [2.75, 3.05) is 32.7 Å². The molecular formula is C14H20N4O2. The van der Waals surface area contributed by atoms with Crippen LogP contribution in [0.25, 0.3) is 11.5 Å². The number of rotatable bonds is 5. The van der Waals surface area contributed by atoms with E-state index in [4.69, 9.17) is 15.0 Å². The first kappa shape index (κ1) is 14.5. The maximum atomic E-state index is 6.09. The summed E-state index contributed by atoms with van der Waals surface area (Å²) in [4.78, 5) is 6.38. The lowest BCUT2D eigenvalue weighted by atomic mass is 10.1. The van der Waals surface area contributed by atoms with E-state index in [1.54, 1.807) is 14.0 Å². The van der Waals surface area contributed by atoms with Crippen LogP contribution in [-0.2, 0) is 10.3 Å². The summed E-state index contributed by atoms with van der Waals surface area (Å²) in [7, 11) is 5.57. The van der Waals surface area contributed by atoms with Crippen molar-refractivity contribution in [3.8, 4) is 11.5 Å². The van der Waals surface area contributed by atoms with Crippen molar-refractivity contribution < 1.29 is 9.26 Å². The van der Waals surface area contributed by atoms with Crippen LogP contribution >= 0.6 is 0 Å². The second-order valence-electron chi connectivity index (χ2n) is 5.21. The molecule has 1 aromatic carbocycles. The number of nitrogens with zero attached hydrogens (tertiary/aromatic N) is 3. The summed E-state index contributed by atoms with van der Waals surface area (Å²) in [6.45, 7) is 2.13. The number of nitrogens with two attached hydrogens (primary N) is 1. The fraction of sp³-hybridized carbons (Fsp3) is 0.429. The van der Waals surface area contributed by atoms with E-state index in [2.05, 4.69) is 10.1 Å². The third-order valence-corrected chi connectivity index (χ3v) is 3.01. The van der Waals surface area contributed by atoms with E-state index in [0.717, 1.165) is 11.3 Å². The Hall–Kier alpha value is -1.92. The summed E-state index contributed by atoms with van der Waals surface area (Å²) < 4.78 is 10.3. The molecule has 0 radical (unpaired) electrons. The van der Waals surface area contributed by atoms with Crippen molar-refractivity contribution in [3.05, 3.63) is 30.1 Å². The van der Waals surface area contributed by atoms with Crippen molar-refractivity contribution in [1.29, 1.82) is 0 Å². The zero-order valence-corrected chi connectivity index (χ0v) is 12.3. The molecule has 1 heterocycles. The normalized spacial score (nSPS) is 14.1. The summed E-state index contributed by atoms with van der Waals surface area (Å²) >= 11 is 0. The molecule has 0 spiro atoms. The van der Waals surface area contributed by atoms with Crippen LogP contribution in [0.4, 0.5) is 5.69 Å². The Morgan fingerprint density at radius 1 is 1.30 bits per heavy atom. The monoisotopic (exact) mass is 276 g/mol. The zero-order chi connectivity index (χ0) is 14.8. The lowest BCUT2D eigenvalue weighted by molar-refractivity contribution is 0.135. The van der Waals surface area contributed by atoms with E-state index in [9.17, 15) is 0 Å². The molecule has 0 saturated carbocycles. The van der Waals surface area contributed by atoms with Gasteiger partial charge in [-0.2, -0.15) is 4.98 Å². The van der Waals surface area contributed by atoms with Gasteiger partial charge in [0.1, 0.15) is 5.54 Å². The van der Waals surface area contributed by atoms with Crippen molar-refractivity contribution in [2.45, 2.75) is 12.5 Å². The highest BCUT2D eigenvalue weighted by Gasteiger charge is 2.27. The second-order valence-corrected chi connectivity index (χ2v) is 5.21. The Kier molecular flexibility index (Phi) is 4.06. The fourth-order valence-electron chi connectivity index (χ4n) is 1.84. The predicted molar refractivity (Wildman–Crippen MR) is 77.5 cm³/mol. The predicted octanol–water partition coefficient (Wildman–Crippen LogP) is 1.62. The zero-order valence-electron chi connectivity index (χ0n) is 12.3. The van der Waals surface area contributed by atoms with Gasteiger partial charge < -0.3 is 19.9 Å². The Labute approximate surface area is 118 Å². The van der Waals surface area contributed by atoms with Gasteiger partial charge in [0, 0.05) is 32.5 Å². The molecule has 1 atom stereocenters. The molecule has 0 fully saturated rings. The van der Waals surface area contributed by atoms with Gasteiger partial charge in [-0.1, -0.05) is 5.16 Å². The molecule has 0 aliphatic rings. The lowest BCUT2D eigenvalue weighted by Gasteiger charge is -2.18. The van der Waals surface area contributed by atoms with Crippen molar-refractivity contribution in [2.24, 2.45) is 5.73 Å². The first-order valence-corrected chi connectivity index (χ1v) is 6.34. The van der Waals surface area contributed by atoms with E-state index in [-0.39, 0.29) is 0 Å². The molecule has 0 aliphatic heterocycles. The van der Waals surface area contributed by atoms with Gasteiger partial charge in [0.15, 0.2) is 5.82 Å². The second kappa shape index (κ2) is 5.60. The molecule has 0 aliphatic carbocycles. The Balaban J connectivity index is 2.24. The molecule has 108 valence electrons. The van der Waals surface area contributed by atoms with E-state index < -0.39 is 5.54 Å². The third kappa shape index (κ3) is 2.97. The topological polar surface area (TPSA) is 77.4 Å². The molecular weight excluding hydrogens is 256 g/mol. The van der Waals surface area contributed by atoms with E-state index in [1.165, 1.54) is 0 Å². The number of anilines is 1. The SMILES string of the molecule is COCC(C)(N)c1noc(-c2ccc(N(C)C)cc2)n1. The quantitative estimate of drug-likeness (QED) is 0.894. The molecule has 20 heavy (non-hydrogen) atoms. The summed E-state index contributed by atoms with van der Waals surface area (Å²) in [6, 6.07) is 7.87. The van der Waals surface area contributed by atoms with Crippen LogP contribution < -0.4 is 10.6 Å². The number of benzene rings is 1. The fourth-order valence-corrected chi connectivity index (χ4v) is 1.84. The number of hydrogen-bond acceptors (Lipinski definition) is 6. The minimum atomic E-state index is -0.764. The van der Waals surface area contributed by atoms with Gasteiger partial charge in [-0.25, -0.2) is 0 Å². The molecule has 0 saturated heterocycles. The van der Waals surface area contributed by atoms with E-state index >= 15 is 0 Å². The molecule has 0 amide bonds. The maximum absolute atomic E-state index is 6.09. The number of methoxy groups -OCH3 is 1. The molecule has 6 nitrogen and oxygen atoms in total. The smallest absolute Gasteiger partial charge is 0.257 e. The van der Waals surface area contributed by atoms with Gasteiger partial charge in [0.05, 0.1) is 6.61 Å². The van der Waals surface area contributed by atoms with Crippen molar-refractivity contribution >= 4 is 5.69 Å². The van der Waals surface area contributed by atoms with E-state index in [0.29, 0.717) is 18.3 Å². The van der Waals surface area contributed by atoms with Crippen LogP contribution in [0.1, 0.15) is 12.7 Å². The highest BCUT2D eigenvalue weighted by Crippen LogP contribution is 2.23. The van der Waals surface area contributed by atoms with Crippen LogP contribution in [0.5, 0.6) is 0 Å². The van der Waals surface area contributed by atoms with Crippen LogP contribution in [0.2, 0.25) is 0 Å². The average Bonchev–Trinajstić information content (AvgIpc) is 2.89. The summed E-state index contributed by atoms with van der Waals surface area (Å²) in [5, 5.41) is 3.94. The molecule has 6 heteroatoms. The molecule has 2 aromatic rings. The molecule has 2 rings (SSSR count). The first-order chi connectivity index (χ1) is 9.44. The minimum Gasteiger partial charge on any atom is -0.382 e. The molecule has 2 N–H and O–H groups in total. The summed E-state index contributed by atoms with van der Waals surface area (Å²) in [5.74, 6) is 0.893. The van der Waals surface area contributed by atoms with Crippen molar-refractivity contribution in [3.63, 3.8) is 0 Å². The van der Waals surface area contributed by atoms with Gasteiger partial charge in [0.2, 0.25) is 0 Å². The Morgan fingerprint density at radius 2 is 1.95 bits per heavy atom. The third-order valence-electron chi connectivity index (χ3n) is 3.01.